The minimum Gasteiger partial charge on any atom is -0.493 e. The van der Waals surface area contributed by atoms with Crippen molar-refractivity contribution >= 4 is 64.8 Å². The van der Waals surface area contributed by atoms with Gasteiger partial charge < -0.3 is 78.8 Å². The Morgan fingerprint density at radius 3 is 1.83 bits per heavy atom. The standard InChI is InChI=1S/C75H102N8O17/c1-8-19-54-39-57-46-77-60-44-65(63(92-6)42-58(60)72(88)81(57)47-54)98-29-18-30-99-66-45-61-59(43-64(66)93-7)73(89)82-48-55(20-9-2)40-62(82)74(90)83(61)75(91)100-49-53-23-25-56(26-24-53)79-70(86)51(5)78-71(87)69(50(3)4)80-67(84)27-31-94-33-35-96-37-38-97-36-34-95-32-28-76-68(85)41-52-21-16-14-12-10-11-13-15-17-22-52/h8-9,19-20,23-26,42-48,50-52,57,62,69,74,90H,10-18,21-22,27-41,49H2,1-7H3,(H,76,85)(H,78,87)(H,79,86)(H,80,84)/b19-8+,20-9+/t51-,57-,62-,69-,74-/m0/s1. The molecule has 5 N–H and O–H groups in total. The minimum atomic E-state index is -1.57. The number of hydrogen-bond acceptors (Lipinski definition) is 18. The summed E-state index contributed by atoms with van der Waals surface area (Å²) in [6, 6.07) is 9.69. The van der Waals surface area contributed by atoms with E-state index in [-0.39, 0.29) is 92.4 Å². The maximum atomic E-state index is 14.4. The SMILES string of the molecule is C/C=C/C1=CN2C(=O)c3cc(OC)c(OCCCOc4cc5c(cc4OC)C(=O)N4C=C(/C=C/C)C[C@H]4[C@H](O)N5C(=O)OCc4ccc(NC(=O)[C@H](C)NC(=O)[C@@H](NC(=O)CCOCCOCCOCCOCCNC(=O)CC5CCCCCCCCCC5)C(C)C)cc4)cc3N=C[C@@H]2C1. The maximum Gasteiger partial charge on any atom is 0.416 e. The first kappa shape index (κ1) is 77.1. The van der Waals surface area contributed by atoms with Crippen molar-refractivity contribution in [2.75, 3.05) is 97.0 Å². The van der Waals surface area contributed by atoms with Gasteiger partial charge in [-0.1, -0.05) is 102 Å². The monoisotopic (exact) mass is 1390 g/mol. The van der Waals surface area contributed by atoms with Gasteiger partial charge in [0.2, 0.25) is 23.6 Å². The second kappa shape index (κ2) is 40.0. The summed E-state index contributed by atoms with van der Waals surface area (Å²) in [4.78, 5) is 104. The van der Waals surface area contributed by atoms with E-state index >= 15 is 0 Å². The summed E-state index contributed by atoms with van der Waals surface area (Å²) in [5.74, 6) is -0.774. The molecule has 0 radical (unpaired) electrons. The number of allylic oxidation sites excluding steroid dienone is 4. The zero-order chi connectivity index (χ0) is 71.3. The van der Waals surface area contributed by atoms with Gasteiger partial charge in [0.15, 0.2) is 29.2 Å². The number of rotatable bonds is 35. The van der Waals surface area contributed by atoms with Crippen molar-refractivity contribution in [3.05, 3.63) is 113 Å². The van der Waals surface area contributed by atoms with Crippen LogP contribution in [0.3, 0.4) is 0 Å². The van der Waals surface area contributed by atoms with Gasteiger partial charge in [0.25, 0.3) is 11.8 Å². The first-order valence-electron chi connectivity index (χ1n) is 35.3. The van der Waals surface area contributed by atoms with E-state index in [9.17, 15) is 38.7 Å². The van der Waals surface area contributed by atoms with Crippen LogP contribution in [0.4, 0.5) is 21.9 Å². The molecule has 4 aliphatic heterocycles. The third-order valence-corrected chi connectivity index (χ3v) is 17.9. The van der Waals surface area contributed by atoms with Crippen molar-refractivity contribution in [2.24, 2.45) is 16.8 Å². The fourth-order valence-electron chi connectivity index (χ4n) is 12.6. The van der Waals surface area contributed by atoms with E-state index in [1.54, 1.807) is 67.6 Å². The van der Waals surface area contributed by atoms with Gasteiger partial charge in [-0.15, -0.1) is 0 Å². The first-order valence-corrected chi connectivity index (χ1v) is 35.3. The molecule has 25 nitrogen and oxygen atoms in total. The summed E-state index contributed by atoms with van der Waals surface area (Å²) >= 11 is 0. The van der Waals surface area contributed by atoms with Crippen molar-refractivity contribution in [2.45, 2.75) is 168 Å². The molecular weight excluding hydrogens is 1280 g/mol. The Hall–Kier alpha value is -8.62. The molecule has 5 atom stereocenters. The Morgan fingerprint density at radius 1 is 0.640 bits per heavy atom. The average Bonchev–Trinajstić information content (AvgIpc) is 1.59. The van der Waals surface area contributed by atoms with E-state index in [2.05, 4.69) is 26.3 Å². The average molecular weight is 1390 g/mol. The van der Waals surface area contributed by atoms with E-state index in [0.29, 0.717) is 105 Å². The number of fused-ring (bicyclic) bond motifs is 4. The van der Waals surface area contributed by atoms with Crippen molar-refractivity contribution in [3.63, 3.8) is 0 Å². The summed E-state index contributed by atoms with van der Waals surface area (Å²) in [5.41, 5.74) is 3.61. The highest BCUT2D eigenvalue weighted by Crippen LogP contribution is 2.43. The van der Waals surface area contributed by atoms with Crippen LogP contribution in [-0.2, 0) is 49.5 Å². The molecule has 0 aromatic heterocycles. The Morgan fingerprint density at radius 2 is 1.21 bits per heavy atom. The maximum absolute atomic E-state index is 14.4. The number of nitrogens with one attached hydrogen (secondary N) is 4. The molecule has 100 heavy (non-hydrogen) atoms. The molecule has 3 aromatic rings. The smallest absolute Gasteiger partial charge is 0.416 e. The van der Waals surface area contributed by atoms with Crippen LogP contribution in [-0.4, -0.2) is 180 Å². The molecular formula is C75H102N8O17. The number of aliphatic hydroxyl groups excluding tert-OH is 1. The lowest BCUT2D eigenvalue weighted by Gasteiger charge is -2.31. The molecule has 0 spiro atoms. The van der Waals surface area contributed by atoms with Gasteiger partial charge in [-0.25, -0.2) is 9.69 Å². The highest BCUT2D eigenvalue weighted by atomic mass is 16.6. The van der Waals surface area contributed by atoms with E-state index in [1.165, 1.54) is 89.5 Å². The highest BCUT2D eigenvalue weighted by Gasteiger charge is 2.46. The number of carbonyl (C=O) groups excluding carboxylic acids is 7. The normalized spacial score (nSPS) is 18.5. The number of aliphatic imine (C=N–C) groups is 1. The van der Waals surface area contributed by atoms with Crippen LogP contribution >= 0.6 is 0 Å². The number of carbonyl (C=O) groups is 7. The van der Waals surface area contributed by atoms with E-state index < -0.39 is 54.1 Å². The Labute approximate surface area is 587 Å². The molecule has 1 aliphatic carbocycles. The quantitative estimate of drug-likeness (QED) is 0.0342. The molecule has 25 heteroatoms. The number of anilines is 2. The molecule has 0 saturated heterocycles. The van der Waals surface area contributed by atoms with Gasteiger partial charge in [0.05, 0.1) is 115 Å². The topological polar surface area (TPSA) is 293 Å². The van der Waals surface area contributed by atoms with Gasteiger partial charge in [-0.05, 0) is 99.3 Å². The number of hydrogen-bond donors (Lipinski definition) is 5. The van der Waals surface area contributed by atoms with Gasteiger partial charge in [-0.2, -0.15) is 0 Å². The van der Waals surface area contributed by atoms with Crippen molar-refractivity contribution in [3.8, 4) is 23.0 Å². The lowest BCUT2D eigenvalue weighted by atomic mass is 9.92. The summed E-state index contributed by atoms with van der Waals surface area (Å²) in [6.45, 7) is 11.9. The van der Waals surface area contributed by atoms with Crippen molar-refractivity contribution in [1.29, 1.82) is 0 Å². The number of methoxy groups -OCH3 is 2. The first-order chi connectivity index (χ1) is 48.5. The van der Waals surface area contributed by atoms with Crippen LogP contribution in [0, 0.1) is 11.8 Å². The second-order valence-corrected chi connectivity index (χ2v) is 25.8. The number of ether oxygens (including phenoxy) is 9. The van der Waals surface area contributed by atoms with Crippen LogP contribution < -0.4 is 45.1 Å². The molecule has 7 amide bonds. The second-order valence-electron chi connectivity index (χ2n) is 25.8. The Bertz CT molecular complexity index is 3390. The minimum absolute atomic E-state index is 0.000222. The number of nitrogens with zero attached hydrogens (tertiary/aromatic N) is 4. The van der Waals surface area contributed by atoms with Crippen molar-refractivity contribution < 1.29 is 81.3 Å². The molecule has 0 unspecified atom stereocenters. The van der Waals surface area contributed by atoms with E-state index in [1.807, 2.05) is 44.4 Å². The molecule has 5 aliphatic rings. The lowest BCUT2D eigenvalue weighted by Crippen LogP contribution is -2.53. The van der Waals surface area contributed by atoms with Crippen LogP contribution in [0.15, 0.2) is 101 Å². The van der Waals surface area contributed by atoms with Gasteiger partial charge in [0, 0.05) is 62.2 Å². The fraction of sp³-hybridized carbons (Fsp3) is 0.547. The lowest BCUT2D eigenvalue weighted by molar-refractivity contribution is -0.132. The molecule has 0 bridgehead atoms. The zero-order valence-electron chi connectivity index (χ0n) is 59.1. The molecule has 8 rings (SSSR count). The molecule has 3 aromatic carbocycles. The third-order valence-electron chi connectivity index (χ3n) is 17.9. The van der Waals surface area contributed by atoms with Crippen LogP contribution in [0.5, 0.6) is 23.0 Å². The summed E-state index contributed by atoms with van der Waals surface area (Å²) in [6.07, 6.45) is 24.7. The summed E-state index contributed by atoms with van der Waals surface area (Å²) < 4.78 is 52.0. The number of aliphatic hydroxyl groups is 1. The Balaban J connectivity index is 0.743. The zero-order valence-corrected chi connectivity index (χ0v) is 59.1. The largest absolute Gasteiger partial charge is 0.493 e. The number of amides is 7. The highest BCUT2D eigenvalue weighted by molar-refractivity contribution is 6.07. The Kier molecular flexibility index (Phi) is 30.8. The summed E-state index contributed by atoms with van der Waals surface area (Å²) in [5, 5.41) is 23.4. The van der Waals surface area contributed by atoms with E-state index in [4.69, 9.17) is 42.6 Å². The van der Waals surface area contributed by atoms with Crippen LogP contribution in [0.2, 0.25) is 0 Å². The third kappa shape index (κ3) is 22.4. The fourth-order valence-corrected chi connectivity index (χ4v) is 12.6. The van der Waals surface area contributed by atoms with E-state index in [0.717, 1.165) is 28.9 Å². The van der Waals surface area contributed by atoms with Gasteiger partial charge in [-0.3, -0.25) is 33.8 Å². The predicted octanol–water partition coefficient (Wildman–Crippen LogP) is 10.2. The molecule has 544 valence electrons. The summed E-state index contributed by atoms with van der Waals surface area (Å²) in [7, 11) is 2.92. The van der Waals surface area contributed by atoms with Crippen LogP contribution in [0.1, 0.15) is 157 Å². The molecule has 1 saturated carbocycles. The van der Waals surface area contributed by atoms with Crippen LogP contribution in [0.25, 0.3) is 0 Å². The van der Waals surface area contributed by atoms with Crippen molar-refractivity contribution in [1.82, 2.24) is 25.8 Å². The van der Waals surface area contributed by atoms with Gasteiger partial charge in [0.1, 0.15) is 18.7 Å². The number of benzene rings is 3. The molecule has 1 fully saturated rings. The van der Waals surface area contributed by atoms with Gasteiger partial charge >= 0.3 is 6.09 Å². The predicted molar refractivity (Wildman–Crippen MR) is 378 cm³/mol. The molecule has 4 heterocycles.